The van der Waals surface area contributed by atoms with Crippen LogP contribution in [0.1, 0.15) is 11.5 Å². The summed E-state index contributed by atoms with van der Waals surface area (Å²) in [6.45, 7) is 0. The highest BCUT2D eigenvalue weighted by molar-refractivity contribution is 6.00. The second kappa shape index (κ2) is 4.01. The van der Waals surface area contributed by atoms with Crippen molar-refractivity contribution in [3.63, 3.8) is 0 Å². The van der Waals surface area contributed by atoms with Crippen LogP contribution in [0.3, 0.4) is 0 Å². The number of ether oxygens (including phenoxy) is 2. The summed E-state index contributed by atoms with van der Waals surface area (Å²) in [6, 6.07) is 7.89. The van der Waals surface area contributed by atoms with Crippen LogP contribution in [0.15, 0.2) is 29.5 Å². The minimum Gasteiger partial charge on any atom is -0.386 e. The van der Waals surface area contributed by atoms with Crippen molar-refractivity contribution in [3.8, 4) is 12.1 Å². The summed E-state index contributed by atoms with van der Waals surface area (Å²) in [6.07, 6.45) is 3.24. The van der Waals surface area contributed by atoms with E-state index in [1.165, 1.54) is 14.2 Å². The first-order chi connectivity index (χ1) is 10.1. The lowest BCUT2D eigenvalue weighted by Gasteiger charge is -2.29. The van der Waals surface area contributed by atoms with Crippen LogP contribution in [0.4, 0.5) is 0 Å². The summed E-state index contributed by atoms with van der Waals surface area (Å²) in [7, 11) is 2.76. The third-order valence-electron chi connectivity index (χ3n) is 4.50. The first-order valence-corrected chi connectivity index (χ1v) is 6.28. The Kier molecular flexibility index (Phi) is 2.58. The molecule has 0 radical (unpaired) electrons. The number of methoxy groups -OCH3 is 2. The van der Waals surface area contributed by atoms with Crippen molar-refractivity contribution in [1.29, 1.82) is 10.5 Å². The molecule has 0 amide bonds. The van der Waals surface area contributed by atoms with Gasteiger partial charge in [-0.05, 0) is 11.6 Å². The molecule has 1 aromatic heterocycles. The monoisotopic (exact) mass is 283 g/mol. The van der Waals surface area contributed by atoms with E-state index < -0.39 is 22.7 Å². The molecule has 0 bridgehead atoms. The maximum atomic E-state index is 9.80. The first-order valence-electron chi connectivity index (χ1n) is 6.28. The van der Waals surface area contributed by atoms with E-state index in [1.54, 1.807) is 24.5 Å². The van der Waals surface area contributed by atoms with E-state index in [2.05, 4.69) is 22.1 Å². The number of rotatable bonds is 3. The van der Waals surface area contributed by atoms with E-state index in [1.807, 2.05) is 0 Å². The summed E-state index contributed by atoms with van der Waals surface area (Å²) in [5.74, 6) is -2.02. The molecule has 0 aromatic carbocycles. The molecule has 7 heteroatoms. The van der Waals surface area contributed by atoms with E-state index in [0.29, 0.717) is 0 Å². The largest absolute Gasteiger partial charge is 0.386 e. The van der Waals surface area contributed by atoms with Crippen LogP contribution in [0, 0.1) is 33.5 Å². The summed E-state index contributed by atoms with van der Waals surface area (Å²) in [5, 5.41) is 19.5. The molecular weight excluding hydrogens is 270 g/mol. The number of nitriles is 2. The van der Waals surface area contributed by atoms with Gasteiger partial charge in [-0.1, -0.05) is 6.07 Å². The SMILES string of the molecule is COC1(OC)N=C(N)C2(C#N)C(c3cccnc3)C12C#N. The average Bonchev–Trinajstić information content (AvgIpc) is 3.11. The molecule has 2 aliphatic rings. The van der Waals surface area contributed by atoms with Gasteiger partial charge >= 0.3 is 0 Å². The van der Waals surface area contributed by atoms with Crippen molar-refractivity contribution in [2.45, 2.75) is 11.8 Å². The molecule has 106 valence electrons. The zero-order valence-electron chi connectivity index (χ0n) is 11.6. The Bertz CT molecular complexity index is 700. The predicted octanol–water partition coefficient (Wildman–Crippen LogP) is 0.516. The standard InChI is InChI=1S/C14H13N5O2/c1-20-14(21-2)13(8-16)10(9-4-3-5-18-6-9)12(13,7-15)11(17)19-14/h3-6,10H,1-2H3,(H2,17,19). The quantitative estimate of drug-likeness (QED) is 0.808. The van der Waals surface area contributed by atoms with E-state index in [0.717, 1.165) is 5.56 Å². The highest BCUT2D eigenvalue weighted by Crippen LogP contribution is 2.81. The van der Waals surface area contributed by atoms with Crippen LogP contribution >= 0.6 is 0 Å². The smallest absolute Gasteiger partial charge is 0.292 e. The molecule has 3 atom stereocenters. The van der Waals surface area contributed by atoms with Crippen LogP contribution < -0.4 is 5.73 Å². The van der Waals surface area contributed by atoms with Gasteiger partial charge in [0.1, 0.15) is 11.3 Å². The van der Waals surface area contributed by atoms with Gasteiger partial charge in [-0.15, -0.1) is 0 Å². The van der Waals surface area contributed by atoms with Crippen LogP contribution in [0.5, 0.6) is 0 Å². The molecule has 3 rings (SSSR count). The van der Waals surface area contributed by atoms with Crippen molar-refractivity contribution >= 4 is 5.84 Å². The molecular formula is C14H13N5O2. The van der Waals surface area contributed by atoms with E-state index in [4.69, 9.17) is 15.2 Å². The number of nitrogens with zero attached hydrogens (tertiary/aromatic N) is 4. The highest BCUT2D eigenvalue weighted by Gasteiger charge is 2.93. The van der Waals surface area contributed by atoms with Crippen LogP contribution in [-0.4, -0.2) is 31.0 Å². The number of nitrogens with two attached hydrogens (primary N) is 1. The zero-order chi connectivity index (χ0) is 15.3. The number of aliphatic imine (C=N–C) groups is 1. The molecule has 1 aliphatic carbocycles. The fourth-order valence-corrected chi connectivity index (χ4v) is 3.57. The molecule has 1 aromatic rings. The van der Waals surface area contributed by atoms with Gasteiger partial charge in [-0.2, -0.15) is 10.5 Å². The lowest BCUT2D eigenvalue weighted by Crippen LogP contribution is -2.41. The first kappa shape index (κ1) is 13.5. The third-order valence-corrected chi connectivity index (χ3v) is 4.50. The maximum Gasteiger partial charge on any atom is 0.292 e. The van der Waals surface area contributed by atoms with Gasteiger partial charge in [0.05, 0.1) is 12.1 Å². The molecule has 3 unspecified atom stereocenters. The summed E-state index contributed by atoms with van der Waals surface area (Å²) < 4.78 is 10.7. The number of pyridine rings is 1. The Labute approximate surface area is 121 Å². The van der Waals surface area contributed by atoms with Crippen LogP contribution in [0.25, 0.3) is 0 Å². The van der Waals surface area contributed by atoms with E-state index in [-0.39, 0.29) is 5.84 Å². The predicted molar refractivity (Wildman–Crippen MR) is 71.4 cm³/mol. The van der Waals surface area contributed by atoms with Crippen molar-refractivity contribution in [2.75, 3.05) is 14.2 Å². The molecule has 0 saturated heterocycles. The van der Waals surface area contributed by atoms with Crippen LogP contribution in [0.2, 0.25) is 0 Å². The number of amidine groups is 1. The summed E-state index contributed by atoms with van der Waals surface area (Å²) in [4.78, 5) is 8.18. The van der Waals surface area contributed by atoms with E-state index >= 15 is 0 Å². The second-order valence-corrected chi connectivity index (χ2v) is 5.05. The van der Waals surface area contributed by atoms with Gasteiger partial charge in [-0.25, -0.2) is 4.99 Å². The third kappa shape index (κ3) is 1.15. The van der Waals surface area contributed by atoms with Crippen molar-refractivity contribution < 1.29 is 9.47 Å². The lowest BCUT2D eigenvalue weighted by atomic mass is 9.93. The summed E-state index contributed by atoms with van der Waals surface area (Å²) in [5.41, 5.74) is 4.14. The van der Waals surface area contributed by atoms with Gasteiger partial charge in [0.15, 0.2) is 5.41 Å². The average molecular weight is 283 g/mol. The number of aromatic nitrogens is 1. The summed E-state index contributed by atoms with van der Waals surface area (Å²) >= 11 is 0. The van der Waals surface area contributed by atoms with Crippen LogP contribution in [-0.2, 0) is 9.47 Å². The van der Waals surface area contributed by atoms with Gasteiger partial charge in [-0.3, -0.25) is 4.98 Å². The fourth-order valence-electron chi connectivity index (χ4n) is 3.57. The Morgan fingerprint density at radius 3 is 2.48 bits per heavy atom. The molecule has 1 aliphatic heterocycles. The normalized spacial score (nSPS) is 35.2. The van der Waals surface area contributed by atoms with Crippen molar-refractivity contribution in [3.05, 3.63) is 30.1 Å². The Morgan fingerprint density at radius 2 is 2.00 bits per heavy atom. The van der Waals surface area contributed by atoms with Gasteiger partial charge < -0.3 is 15.2 Å². The molecule has 0 spiro atoms. The molecule has 1 saturated carbocycles. The molecule has 21 heavy (non-hydrogen) atoms. The molecule has 1 fully saturated rings. The Balaban J connectivity index is 2.26. The van der Waals surface area contributed by atoms with E-state index in [9.17, 15) is 10.5 Å². The highest BCUT2D eigenvalue weighted by atomic mass is 16.7. The number of fused-ring (bicyclic) bond motifs is 1. The number of hydrogen-bond donors (Lipinski definition) is 1. The Hall–Kier alpha value is -2.48. The zero-order valence-corrected chi connectivity index (χ0v) is 11.6. The van der Waals surface area contributed by atoms with Gasteiger partial charge in [0.25, 0.3) is 5.91 Å². The van der Waals surface area contributed by atoms with Crippen molar-refractivity contribution in [1.82, 2.24) is 4.98 Å². The fraction of sp³-hybridized carbons (Fsp3) is 0.429. The number of hydrogen-bond acceptors (Lipinski definition) is 7. The second-order valence-electron chi connectivity index (χ2n) is 5.05. The maximum absolute atomic E-state index is 9.80. The molecule has 7 nitrogen and oxygen atoms in total. The molecule has 2 N–H and O–H groups in total. The van der Waals surface area contributed by atoms with Gasteiger partial charge in [0, 0.05) is 32.5 Å². The minimum atomic E-state index is -1.58. The lowest BCUT2D eigenvalue weighted by molar-refractivity contribution is -0.230. The minimum absolute atomic E-state index is 0.0594. The molecule has 2 heterocycles. The van der Waals surface area contributed by atoms with Gasteiger partial charge in [0.2, 0.25) is 0 Å². The van der Waals surface area contributed by atoms with Crippen molar-refractivity contribution in [2.24, 2.45) is 21.6 Å². The topological polar surface area (TPSA) is 117 Å². The Morgan fingerprint density at radius 1 is 1.29 bits per heavy atom.